The lowest BCUT2D eigenvalue weighted by Crippen LogP contribution is -2.14. The average Bonchev–Trinajstić information content (AvgIpc) is 2.38. The molecule has 1 aromatic carbocycles. The zero-order chi connectivity index (χ0) is 12.7. The third-order valence-corrected chi connectivity index (χ3v) is 2.62. The highest BCUT2D eigenvalue weighted by Crippen LogP contribution is 2.29. The molecule has 1 rings (SSSR count). The predicted molar refractivity (Wildman–Crippen MR) is 67.6 cm³/mol. The van der Waals surface area contributed by atoms with Crippen LogP contribution in [-0.2, 0) is 4.74 Å². The van der Waals surface area contributed by atoms with E-state index in [1.807, 2.05) is 25.1 Å². The van der Waals surface area contributed by atoms with Crippen molar-refractivity contribution < 1.29 is 14.2 Å². The Balaban J connectivity index is 2.74. The quantitative estimate of drug-likeness (QED) is 0.741. The van der Waals surface area contributed by atoms with Gasteiger partial charge in [-0.05, 0) is 19.4 Å². The second kappa shape index (κ2) is 7.14. The van der Waals surface area contributed by atoms with Crippen molar-refractivity contribution in [3.8, 4) is 11.5 Å². The fraction of sp³-hybridized carbons (Fsp3) is 0.538. The molecule has 96 valence electrons. The number of benzene rings is 1. The Morgan fingerprint density at radius 3 is 2.59 bits per heavy atom. The monoisotopic (exact) mass is 239 g/mol. The lowest BCUT2D eigenvalue weighted by Gasteiger charge is -2.16. The molecule has 0 aliphatic rings. The molecule has 4 heteroatoms. The van der Waals surface area contributed by atoms with E-state index in [9.17, 15) is 0 Å². The summed E-state index contributed by atoms with van der Waals surface area (Å²) in [5, 5.41) is 0. The van der Waals surface area contributed by atoms with Crippen LogP contribution in [0.1, 0.15) is 24.9 Å². The van der Waals surface area contributed by atoms with Crippen LogP contribution in [0.25, 0.3) is 0 Å². The van der Waals surface area contributed by atoms with Gasteiger partial charge in [0.25, 0.3) is 0 Å². The third kappa shape index (κ3) is 3.91. The first-order valence-electron chi connectivity index (χ1n) is 5.78. The van der Waals surface area contributed by atoms with Gasteiger partial charge in [-0.1, -0.05) is 6.07 Å². The minimum atomic E-state index is -0.0811. The molecular weight excluding hydrogens is 218 g/mol. The Morgan fingerprint density at radius 1 is 1.24 bits per heavy atom. The largest absolute Gasteiger partial charge is 0.497 e. The molecule has 0 spiro atoms. The van der Waals surface area contributed by atoms with Crippen LogP contribution in [0.15, 0.2) is 18.2 Å². The standard InChI is InChI=1S/C13H21NO3/c1-4-17-8-7-12(14)11-6-5-10(15-2)9-13(11)16-3/h5-6,9,12H,4,7-8,14H2,1-3H3. The lowest BCUT2D eigenvalue weighted by molar-refractivity contribution is 0.139. The van der Waals surface area contributed by atoms with Crippen molar-refractivity contribution in [1.29, 1.82) is 0 Å². The summed E-state index contributed by atoms with van der Waals surface area (Å²) >= 11 is 0. The summed E-state index contributed by atoms with van der Waals surface area (Å²) in [5.41, 5.74) is 7.08. The van der Waals surface area contributed by atoms with Crippen molar-refractivity contribution in [2.24, 2.45) is 5.73 Å². The molecule has 17 heavy (non-hydrogen) atoms. The van der Waals surface area contributed by atoms with Crippen molar-refractivity contribution in [1.82, 2.24) is 0 Å². The van der Waals surface area contributed by atoms with Gasteiger partial charge in [0.05, 0.1) is 14.2 Å². The first-order valence-corrected chi connectivity index (χ1v) is 5.78. The molecule has 0 aliphatic carbocycles. The van der Waals surface area contributed by atoms with Gasteiger partial charge < -0.3 is 19.9 Å². The summed E-state index contributed by atoms with van der Waals surface area (Å²) < 4.78 is 15.8. The molecule has 1 unspecified atom stereocenters. The first-order chi connectivity index (χ1) is 8.22. The number of rotatable bonds is 7. The SMILES string of the molecule is CCOCCC(N)c1ccc(OC)cc1OC. The number of hydrogen-bond acceptors (Lipinski definition) is 4. The molecule has 4 nitrogen and oxygen atoms in total. The van der Waals surface area contributed by atoms with Crippen LogP contribution in [0, 0.1) is 0 Å². The molecule has 0 amide bonds. The molecule has 2 N–H and O–H groups in total. The second-order valence-electron chi connectivity index (χ2n) is 3.70. The summed E-state index contributed by atoms with van der Waals surface area (Å²) in [6, 6.07) is 5.59. The van der Waals surface area contributed by atoms with E-state index >= 15 is 0 Å². The molecule has 0 bridgehead atoms. The normalized spacial score (nSPS) is 12.2. The highest BCUT2D eigenvalue weighted by Gasteiger charge is 2.12. The topological polar surface area (TPSA) is 53.7 Å². The van der Waals surface area contributed by atoms with Gasteiger partial charge in [-0.3, -0.25) is 0 Å². The van der Waals surface area contributed by atoms with Gasteiger partial charge in [0.1, 0.15) is 11.5 Å². The fourth-order valence-electron chi connectivity index (χ4n) is 1.63. The Bertz CT molecular complexity index is 341. The Labute approximate surface area is 103 Å². The van der Waals surface area contributed by atoms with E-state index in [-0.39, 0.29) is 6.04 Å². The van der Waals surface area contributed by atoms with E-state index in [0.29, 0.717) is 13.2 Å². The molecule has 0 saturated carbocycles. The number of methoxy groups -OCH3 is 2. The number of nitrogens with two attached hydrogens (primary N) is 1. The van der Waals surface area contributed by atoms with Crippen molar-refractivity contribution in [3.63, 3.8) is 0 Å². The molecule has 0 aromatic heterocycles. The third-order valence-electron chi connectivity index (χ3n) is 2.62. The number of ether oxygens (including phenoxy) is 3. The van der Waals surface area contributed by atoms with Gasteiger partial charge >= 0.3 is 0 Å². The smallest absolute Gasteiger partial charge is 0.127 e. The number of hydrogen-bond donors (Lipinski definition) is 1. The van der Waals surface area contributed by atoms with Crippen LogP contribution in [0.5, 0.6) is 11.5 Å². The van der Waals surface area contributed by atoms with Crippen molar-refractivity contribution in [2.45, 2.75) is 19.4 Å². The summed E-state index contributed by atoms with van der Waals surface area (Å²) in [5.74, 6) is 1.52. The maximum Gasteiger partial charge on any atom is 0.127 e. The van der Waals surface area contributed by atoms with Crippen molar-refractivity contribution in [2.75, 3.05) is 27.4 Å². The molecule has 0 saturated heterocycles. The minimum Gasteiger partial charge on any atom is -0.497 e. The van der Waals surface area contributed by atoms with Gasteiger partial charge in [0, 0.05) is 30.9 Å². The molecule has 1 atom stereocenters. The van der Waals surface area contributed by atoms with Crippen LogP contribution >= 0.6 is 0 Å². The van der Waals surface area contributed by atoms with Gasteiger partial charge in [0.15, 0.2) is 0 Å². The van der Waals surface area contributed by atoms with Crippen LogP contribution in [-0.4, -0.2) is 27.4 Å². The van der Waals surface area contributed by atoms with E-state index in [0.717, 1.165) is 23.5 Å². The summed E-state index contributed by atoms with van der Waals surface area (Å²) in [4.78, 5) is 0. The van der Waals surface area contributed by atoms with Crippen LogP contribution in [0.2, 0.25) is 0 Å². The summed E-state index contributed by atoms with van der Waals surface area (Å²) in [6.07, 6.45) is 0.774. The van der Waals surface area contributed by atoms with E-state index in [1.165, 1.54) is 0 Å². The Kier molecular flexibility index (Phi) is 5.80. The van der Waals surface area contributed by atoms with Crippen molar-refractivity contribution >= 4 is 0 Å². The zero-order valence-corrected chi connectivity index (χ0v) is 10.7. The van der Waals surface area contributed by atoms with Crippen LogP contribution in [0.3, 0.4) is 0 Å². The summed E-state index contributed by atoms with van der Waals surface area (Å²) in [6.45, 7) is 3.35. The Hall–Kier alpha value is -1.26. The van der Waals surface area contributed by atoms with E-state index in [1.54, 1.807) is 14.2 Å². The molecular formula is C13H21NO3. The predicted octanol–water partition coefficient (Wildman–Crippen LogP) is 2.13. The first kappa shape index (κ1) is 13.8. The summed E-state index contributed by atoms with van der Waals surface area (Å²) in [7, 11) is 3.26. The zero-order valence-electron chi connectivity index (χ0n) is 10.7. The highest BCUT2D eigenvalue weighted by atomic mass is 16.5. The Morgan fingerprint density at radius 2 is 2.00 bits per heavy atom. The highest BCUT2D eigenvalue weighted by molar-refractivity contribution is 5.42. The maximum atomic E-state index is 6.10. The van der Waals surface area contributed by atoms with Crippen LogP contribution in [0.4, 0.5) is 0 Å². The van der Waals surface area contributed by atoms with E-state index in [4.69, 9.17) is 19.9 Å². The fourth-order valence-corrected chi connectivity index (χ4v) is 1.63. The molecule has 0 radical (unpaired) electrons. The second-order valence-corrected chi connectivity index (χ2v) is 3.70. The molecule has 0 aliphatic heterocycles. The maximum absolute atomic E-state index is 6.10. The lowest BCUT2D eigenvalue weighted by atomic mass is 10.0. The molecule has 0 heterocycles. The van der Waals surface area contributed by atoms with E-state index in [2.05, 4.69) is 0 Å². The average molecular weight is 239 g/mol. The van der Waals surface area contributed by atoms with Gasteiger partial charge in [-0.2, -0.15) is 0 Å². The van der Waals surface area contributed by atoms with Crippen LogP contribution < -0.4 is 15.2 Å². The molecule has 1 aromatic rings. The van der Waals surface area contributed by atoms with E-state index < -0.39 is 0 Å². The van der Waals surface area contributed by atoms with Gasteiger partial charge in [0.2, 0.25) is 0 Å². The van der Waals surface area contributed by atoms with Gasteiger partial charge in [-0.25, -0.2) is 0 Å². The minimum absolute atomic E-state index is 0.0811. The van der Waals surface area contributed by atoms with Crippen molar-refractivity contribution in [3.05, 3.63) is 23.8 Å². The van der Waals surface area contributed by atoms with Gasteiger partial charge in [-0.15, -0.1) is 0 Å². The molecule has 0 fully saturated rings.